The highest BCUT2D eigenvalue weighted by atomic mass is 35.5. The molecular weight excluding hydrogens is 276 g/mol. The van der Waals surface area contributed by atoms with Crippen molar-refractivity contribution in [1.82, 2.24) is 10.3 Å². The summed E-state index contributed by atoms with van der Waals surface area (Å²) in [6.45, 7) is 5.91. The Morgan fingerprint density at radius 2 is 2.20 bits per heavy atom. The Labute approximate surface area is 124 Å². The van der Waals surface area contributed by atoms with E-state index in [0.717, 1.165) is 23.6 Å². The van der Waals surface area contributed by atoms with Gasteiger partial charge in [0.15, 0.2) is 12.2 Å². The van der Waals surface area contributed by atoms with Gasteiger partial charge in [0, 0.05) is 11.6 Å². The Hall–Kier alpha value is -1.52. The molecule has 5 heteroatoms. The summed E-state index contributed by atoms with van der Waals surface area (Å²) >= 11 is 6.06. The summed E-state index contributed by atoms with van der Waals surface area (Å²) in [4.78, 5) is 4.27. The van der Waals surface area contributed by atoms with Crippen LogP contribution < -0.4 is 10.1 Å². The average molecular weight is 295 g/mol. The Morgan fingerprint density at radius 3 is 2.90 bits per heavy atom. The molecule has 108 valence electrons. The van der Waals surface area contributed by atoms with Gasteiger partial charge in [-0.1, -0.05) is 25.4 Å². The van der Waals surface area contributed by atoms with E-state index < -0.39 is 0 Å². The topological polar surface area (TPSA) is 47.3 Å². The number of methoxy groups -OCH3 is 1. The number of rotatable bonds is 6. The minimum absolute atomic E-state index is 0.589. The summed E-state index contributed by atoms with van der Waals surface area (Å²) in [5, 5.41) is 3.99. The second-order valence-corrected chi connectivity index (χ2v) is 5.43. The smallest absolute Gasteiger partial charge is 0.181 e. The van der Waals surface area contributed by atoms with Crippen molar-refractivity contribution in [2.45, 2.75) is 20.4 Å². The van der Waals surface area contributed by atoms with Crippen molar-refractivity contribution in [2.24, 2.45) is 5.92 Å². The minimum Gasteiger partial charge on any atom is -0.496 e. The van der Waals surface area contributed by atoms with E-state index in [1.807, 2.05) is 12.1 Å². The van der Waals surface area contributed by atoms with E-state index >= 15 is 0 Å². The van der Waals surface area contributed by atoms with Gasteiger partial charge in [0.25, 0.3) is 0 Å². The van der Waals surface area contributed by atoms with Crippen LogP contribution in [0.3, 0.4) is 0 Å². The lowest BCUT2D eigenvalue weighted by Crippen LogP contribution is -2.19. The number of halogens is 1. The molecule has 0 aliphatic rings. The average Bonchev–Trinajstić information content (AvgIpc) is 2.86. The van der Waals surface area contributed by atoms with Gasteiger partial charge < -0.3 is 14.5 Å². The molecule has 1 heterocycles. The first-order chi connectivity index (χ1) is 9.61. The summed E-state index contributed by atoms with van der Waals surface area (Å²) in [5.41, 5.74) is 1.67. The first kappa shape index (κ1) is 14.9. The number of aromatic nitrogens is 1. The van der Waals surface area contributed by atoms with E-state index in [1.54, 1.807) is 13.2 Å². The van der Waals surface area contributed by atoms with Gasteiger partial charge in [0.2, 0.25) is 0 Å². The van der Waals surface area contributed by atoms with Crippen molar-refractivity contribution in [3.63, 3.8) is 0 Å². The van der Waals surface area contributed by atoms with Gasteiger partial charge in [-0.25, -0.2) is 4.98 Å². The first-order valence-electron chi connectivity index (χ1n) is 6.58. The molecule has 20 heavy (non-hydrogen) atoms. The molecule has 1 N–H and O–H groups in total. The van der Waals surface area contributed by atoms with Gasteiger partial charge in [-0.05, 0) is 30.7 Å². The van der Waals surface area contributed by atoms with Crippen molar-refractivity contribution in [3.8, 4) is 17.1 Å². The molecule has 2 rings (SSSR count). The third-order valence-corrected chi connectivity index (χ3v) is 3.13. The van der Waals surface area contributed by atoms with E-state index in [1.165, 1.54) is 6.39 Å². The largest absolute Gasteiger partial charge is 0.496 e. The minimum atomic E-state index is 0.589. The highest BCUT2D eigenvalue weighted by Crippen LogP contribution is 2.34. The summed E-state index contributed by atoms with van der Waals surface area (Å²) in [6.07, 6.45) is 1.45. The number of hydrogen-bond donors (Lipinski definition) is 1. The van der Waals surface area contributed by atoms with Crippen LogP contribution in [0, 0.1) is 5.92 Å². The second-order valence-electron chi connectivity index (χ2n) is 5.00. The van der Waals surface area contributed by atoms with Gasteiger partial charge in [0.1, 0.15) is 11.4 Å². The quantitative estimate of drug-likeness (QED) is 0.881. The molecule has 0 saturated carbocycles. The van der Waals surface area contributed by atoms with Crippen LogP contribution in [0.1, 0.15) is 19.5 Å². The Kier molecular flexibility index (Phi) is 5.04. The zero-order chi connectivity index (χ0) is 14.5. The van der Waals surface area contributed by atoms with Gasteiger partial charge >= 0.3 is 0 Å². The molecule has 1 aromatic carbocycles. The lowest BCUT2D eigenvalue weighted by Gasteiger charge is -2.09. The van der Waals surface area contributed by atoms with Crippen molar-refractivity contribution in [1.29, 1.82) is 0 Å². The van der Waals surface area contributed by atoms with Crippen LogP contribution >= 0.6 is 11.6 Å². The molecule has 0 radical (unpaired) electrons. The fourth-order valence-corrected chi connectivity index (χ4v) is 2.12. The lowest BCUT2D eigenvalue weighted by molar-refractivity contribution is 0.414. The predicted molar refractivity (Wildman–Crippen MR) is 80.0 cm³/mol. The molecule has 0 saturated heterocycles. The van der Waals surface area contributed by atoms with Crippen molar-refractivity contribution in [2.75, 3.05) is 13.7 Å². The molecule has 0 atom stereocenters. The third-order valence-electron chi connectivity index (χ3n) is 2.89. The normalized spacial score (nSPS) is 11.1. The third kappa shape index (κ3) is 3.52. The van der Waals surface area contributed by atoms with Gasteiger partial charge in [-0.2, -0.15) is 0 Å². The van der Waals surface area contributed by atoms with E-state index in [4.69, 9.17) is 20.8 Å². The molecule has 4 nitrogen and oxygen atoms in total. The Balaban J connectivity index is 2.25. The fourth-order valence-electron chi connectivity index (χ4n) is 1.95. The van der Waals surface area contributed by atoms with E-state index in [9.17, 15) is 0 Å². The van der Waals surface area contributed by atoms with Crippen LogP contribution in [0.5, 0.6) is 5.75 Å². The molecule has 0 fully saturated rings. The Morgan fingerprint density at radius 1 is 1.40 bits per heavy atom. The zero-order valence-electron chi connectivity index (χ0n) is 11.9. The van der Waals surface area contributed by atoms with E-state index in [0.29, 0.717) is 23.2 Å². The van der Waals surface area contributed by atoms with E-state index in [2.05, 4.69) is 24.1 Å². The second kappa shape index (κ2) is 6.77. The van der Waals surface area contributed by atoms with Crippen LogP contribution in [0.25, 0.3) is 11.3 Å². The summed E-state index contributed by atoms with van der Waals surface area (Å²) in [6, 6.07) is 5.44. The lowest BCUT2D eigenvalue weighted by atomic mass is 10.1. The van der Waals surface area contributed by atoms with Gasteiger partial charge in [0.05, 0.1) is 12.7 Å². The number of ether oxygens (including phenoxy) is 1. The SMILES string of the molecule is COc1ccc(Cl)cc1-c1ocnc1CNCC(C)C. The number of nitrogens with zero attached hydrogens (tertiary/aromatic N) is 1. The van der Waals surface area contributed by atoms with Crippen molar-refractivity contribution in [3.05, 3.63) is 35.3 Å². The van der Waals surface area contributed by atoms with Crippen molar-refractivity contribution >= 4 is 11.6 Å². The standard InChI is InChI=1S/C15H19ClN2O2/c1-10(2)7-17-8-13-15(20-9-18-13)12-6-11(16)4-5-14(12)19-3/h4-6,9-10,17H,7-8H2,1-3H3. The first-order valence-corrected chi connectivity index (χ1v) is 6.96. The summed E-state index contributed by atoms with van der Waals surface area (Å²) < 4.78 is 10.9. The fraction of sp³-hybridized carbons (Fsp3) is 0.400. The number of oxazole rings is 1. The summed E-state index contributed by atoms with van der Waals surface area (Å²) in [5.74, 6) is 2.00. The Bertz CT molecular complexity index is 567. The van der Waals surface area contributed by atoms with Gasteiger partial charge in [-0.15, -0.1) is 0 Å². The zero-order valence-corrected chi connectivity index (χ0v) is 12.7. The maximum Gasteiger partial charge on any atom is 0.181 e. The highest BCUT2D eigenvalue weighted by molar-refractivity contribution is 6.30. The molecule has 2 aromatic rings. The highest BCUT2D eigenvalue weighted by Gasteiger charge is 2.15. The molecule has 0 bridgehead atoms. The number of nitrogens with one attached hydrogen (secondary N) is 1. The molecule has 1 aromatic heterocycles. The molecule has 0 spiro atoms. The van der Waals surface area contributed by atoms with Crippen LogP contribution in [0.2, 0.25) is 5.02 Å². The van der Waals surface area contributed by atoms with Crippen LogP contribution in [-0.2, 0) is 6.54 Å². The number of hydrogen-bond acceptors (Lipinski definition) is 4. The van der Waals surface area contributed by atoms with Crippen molar-refractivity contribution < 1.29 is 9.15 Å². The molecule has 0 aliphatic heterocycles. The predicted octanol–water partition coefficient (Wildman–Crippen LogP) is 3.75. The number of benzene rings is 1. The maximum atomic E-state index is 6.06. The van der Waals surface area contributed by atoms with Crippen LogP contribution in [0.4, 0.5) is 0 Å². The van der Waals surface area contributed by atoms with Crippen LogP contribution in [0.15, 0.2) is 29.0 Å². The molecule has 0 amide bonds. The molecule has 0 aliphatic carbocycles. The molecular formula is C15H19ClN2O2. The molecule has 0 unspecified atom stereocenters. The van der Waals surface area contributed by atoms with Crippen LogP contribution in [-0.4, -0.2) is 18.6 Å². The van der Waals surface area contributed by atoms with E-state index in [-0.39, 0.29) is 0 Å². The summed E-state index contributed by atoms with van der Waals surface area (Å²) in [7, 11) is 1.62. The van der Waals surface area contributed by atoms with Gasteiger partial charge in [-0.3, -0.25) is 0 Å². The monoisotopic (exact) mass is 294 g/mol. The maximum absolute atomic E-state index is 6.06.